The van der Waals surface area contributed by atoms with Crippen molar-refractivity contribution in [1.82, 2.24) is 15.0 Å². The molecule has 0 unspecified atom stereocenters. The Morgan fingerprint density at radius 2 is 1.96 bits per heavy atom. The van der Waals surface area contributed by atoms with Gasteiger partial charge in [-0.1, -0.05) is 30.7 Å². The lowest BCUT2D eigenvalue weighted by molar-refractivity contribution is -0.160. The van der Waals surface area contributed by atoms with Crippen LogP contribution >= 0.6 is 11.6 Å². The van der Waals surface area contributed by atoms with Crippen LogP contribution in [0.4, 0.5) is 23.1 Å². The van der Waals surface area contributed by atoms with Crippen LogP contribution in [-0.4, -0.2) is 58.6 Å². The molecule has 1 atom stereocenters. The van der Waals surface area contributed by atoms with E-state index in [9.17, 15) is 9.59 Å². The minimum Gasteiger partial charge on any atom is -0.460 e. The summed E-state index contributed by atoms with van der Waals surface area (Å²) in [6.45, 7) is 10.4. The van der Waals surface area contributed by atoms with Crippen LogP contribution in [0.2, 0.25) is 5.02 Å². The highest BCUT2D eigenvalue weighted by Gasteiger charge is 2.29. The fourth-order valence-corrected chi connectivity index (χ4v) is 6.15. The van der Waals surface area contributed by atoms with E-state index in [2.05, 4.69) is 49.9 Å². The number of benzene rings is 1. The average molecular weight is 634 g/mol. The molecule has 1 aromatic carbocycles. The second kappa shape index (κ2) is 14.5. The number of esters is 1. The number of ether oxygens (including phenoxy) is 1. The molecule has 0 radical (unpaired) electrons. The van der Waals surface area contributed by atoms with E-state index in [1.807, 2.05) is 20.8 Å². The standard InChI is InChI=1S/C34H44ClN7O3/c1-5-27-31(37-20-24(33(44)45-34(2,3)4)18-29(43)40-26-10-6-9-25(35)19-26)38-21-39-32(27)42-16-13-22(14-17-42)28-12-11-23-8-7-15-36-30(23)41-28/h6,9-12,19,21-22,24H,5,7-8,13-18,20H2,1-4H3,(H,36,41)(H,40,43)(H,37,38,39)/t24-/m0/s1. The predicted molar refractivity (Wildman–Crippen MR) is 179 cm³/mol. The molecule has 4 heterocycles. The van der Waals surface area contributed by atoms with E-state index in [1.54, 1.807) is 30.6 Å². The van der Waals surface area contributed by atoms with Crippen molar-refractivity contribution in [2.75, 3.05) is 47.0 Å². The number of carbonyl (C=O) groups excluding carboxylic acids is 2. The molecular formula is C34H44ClN7O3. The number of nitrogens with zero attached hydrogens (tertiary/aromatic N) is 4. The molecule has 5 rings (SSSR count). The maximum absolute atomic E-state index is 13.2. The summed E-state index contributed by atoms with van der Waals surface area (Å²) in [7, 11) is 0. The first-order chi connectivity index (χ1) is 21.6. The number of aryl methyl sites for hydroxylation is 1. The smallest absolute Gasteiger partial charge is 0.311 e. The molecule has 0 saturated carbocycles. The minimum absolute atomic E-state index is 0.0619. The van der Waals surface area contributed by atoms with Crippen molar-refractivity contribution < 1.29 is 14.3 Å². The molecule has 3 N–H and O–H groups in total. The average Bonchev–Trinajstić information content (AvgIpc) is 3.01. The maximum atomic E-state index is 13.2. The van der Waals surface area contributed by atoms with Crippen LogP contribution in [-0.2, 0) is 27.2 Å². The van der Waals surface area contributed by atoms with Crippen molar-refractivity contribution in [3.05, 3.63) is 64.6 Å². The Balaban J connectivity index is 1.25. The molecular weight excluding hydrogens is 590 g/mol. The Labute approximate surface area is 270 Å². The number of carbonyl (C=O) groups is 2. The summed E-state index contributed by atoms with van der Waals surface area (Å²) in [5.41, 5.74) is 3.34. The van der Waals surface area contributed by atoms with E-state index in [0.717, 1.165) is 68.2 Å². The van der Waals surface area contributed by atoms with Crippen LogP contribution in [0.25, 0.3) is 0 Å². The van der Waals surface area contributed by atoms with Gasteiger partial charge in [-0.25, -0.2) is 15.0 Å². The molecule has 1 fully saturated rings. The first-order valence-electron chi connectivity index (χ1n) is 15.9. The number of nitrogens with one attached hydrogen (secondary N) is 3. The second-order valence-electron chi connectivity index (χ2n) is 12.8. The molecule has 0 spiro atoms. The molecule has 11 heteroatoms. The van der Waals surface area contributed by atoms with Crippen LogP contribution in [0, 0.1) is 5.92 Å². The van der Waals surface area contributed by atoms with Gasteiger partial charge in [-0.05, 0) is 82.7 Å². The monoisotopic (exact) mass is 633 g/mol. The van der Waals surface area contributed by atoms with Gasteiger partial charge in [0.2, 0.25) is 5.91 Å². The Bertz CT molecular complexity index is 1500. The van der Waals surface area contributed by atoms with Gasteiger partial charge < -0.3 is 25.6 Å². The summed E-state index contributed by atoms with van der Waals surface area (Å²) in [6, 6.07) is 11.3. The van der Waals surface area contributed by atoms with E-state index >= 15 is 0 Å². The number of rotatable bonds is 10. The van der Waals surface area contributed by atoms with Gasteiger partial charge in [-0.3, -0.25) is 9.59 Å². The zero-order chi connectivity index (χ0) is 32.0. The topological polar surface area (TPSA) is 121 Å². The number of anilines is 4. The Kier molecular flexibility index (Phi) is 10.4. The lowest BCUT2D eigenvalue weighted by atomic mass is 9.92. The number of piperidine rings is 1. The Morgan fingerprint density at radius 3 is 2.69 bits per heavy atom. The molecule has 2 aliphatic rings. The molecule has 3 aromatic rings. The van der Waals surface area contributed by atoms with Gasteiger partial charge in [-0.2, -0.15) is 0 Å². The van der Waals surface area contributed by atoms with Crippen molar-refractivity contribution in [3.63, 3.8) is 0 Å². The van der Waals surface area contributed by atoms with Crippen molar-refractivity contribution >= 4 is 46.6 Å². The number of halogens is 1. The number of pyridine rings is 1. The number of hydrogen-bond donors (Lipinski definition) is 3. The van der Waals surface area contributed by atoms with Crippen molar-refractivity contribution in [1.29, 1.82) is 0 Å². The minimum atomic E-state index is -0.735. The normalized spacial score (nSPS) is 15.9. The SMILES string of the molecule is CCc1c(NC[C@H](CC(=O)Nc2cccc(Cl)c2)C(=O)OC(C)(C)C)ncnc1N1CCC(c2ccc3c(n2)NCCC3)CC1. The lowest BCUT2D eigenvalue weighted by Gasteiger charge is -2.34. The zero-order valence-corrected chi connectivity index (χ0v) is 27.4. The summed E-state index contributed by atoms with van der Waals surface area (Å²) in [4.78, 5) is 42.7. The van der Waals surface area contributed by atoms with E-state index in [0.29, 0.717) is 28.9 Å². The van der Waals surface area contributed by atoms with Crippen molar-refractivity contribution in [3.8, 4) is 0 Å². The fraction of sp³-hybridized carbons (Fsp3) is 0.500. The summed E-state index contributed by atoms with van der Waals surface area (Å²) in [5, 5.41) is 10.2. The van der Waals surface area contributed by atoms with Crippen molar-refractivity contribution in [2.45, 2.75) is 77.7 Å². The third kappa shape index (κ3) is 8.63. The lowest BCUT2D eigenvalue weighted by Crippen LogP contribution is -2.35. The molecule has 1 saturated heterocycles. The largest absolute Gasteiger partial charge is 0.460 e. The number of hydrogen-bond acceptors (Lipinski definition) is 9. The van der Waals surface area contributed by atoms with Crippen LogP contribution in [0.3, 0.4) is 0 Å². The van der Waals surface area contributed by atoms with E-state index in [4.69, 9.17) is 21.3 Å². The third-order valence-corrected chi connectivity index (χ3v) is 8.44. The summed E-state index contributed by atoms with van der Waals surface area (Å²) < 4.78 is 5.68. The summed E-state index contributed by atoms with van der Waals surface area (Å²) in [6.07, 6.45) is 6.44. The predicted octanol–water partition coefficient (Wildman–Crippen LogP) is 6.23. The molecule has 0 bridgehead atoms. The van der Waals surface area contributed by atoms with Gasteiger partial charge in [0.1, 0.15) is 29.4 Å². The van der Waals surface area contributed by atoms with Gasteiger partial charge in [0.05, 0.1) is 5.92 Å². The molecule has 1 amide bonds. The van der Waals surface area contributed by atoms with Crippen LogP contribution in [0.15, 0.2) is 42.7 Å². The van der Waals surface area contributed by atoms with E-state index in [1.165, 1.54) is 5.56 Å². The summed E-state index contributed by atoms with van der Waals surface area (Å²) >= 11 is 6.07. The first kappa shape index (κ1) is 32.5. The van der Waals surface area contributed by atoms with Gasteiger partial charge in [0, 0.05) is 60.5 Å². The zero-order valence-electron chi connectivity index (χ0n) is 26.7. The van der Waals surface area contributed by atoms with Crippen LogP contribution in [0.1, 0.15) is 76.1 Å². The summed E-state index contributed by atoms with van der Waals surface area (Å²) in [5.74, 6) is 1.54. The Morgan fingerprint density at radius 1 is 1.16 bits per heavy atom. The quantitative estimate of drug-likeness (QED) is 0.223. The van der Waals surface area contributed by atoms with E-state index in [-0.39, 0.29) is 18.9 Å². The van der Waals surface area contributed by atoms with Crippen molar-refractivity contribution in [2.24, 2.45) is 5.92 Å². The highest BCUT2D eigenvalue weighted by Crippen LogP contribution is 2.33. The van der Waals surface area contributed by atoms with Gasteiger partial charge in [0.15, 0.2) is 0 Å². The number of aromatic nitrogens is 3. The highest BCUT2D eigenvalue weighted by molar-refractivity contribution is 6.30. The maximum Gasteiger partial charge on any atom is 0.311 e. The number of amides is 1. The van der Waals surface area contributed by atoms with Crippen LogP contribution < -0.4 is 20.9 Å². The van der Waals surface area contributed by atoms with E-state index < -0.39 is 17.5 Å². The molecule has 2 aliphatic heterocycles. The molecule has 45 heavy (non-hydrogen) atoms. The van der Waals surface area contributed by atoms with Gasteiger partial charge in [0.25, 0.3) is 0 Å². The molecule has 240 valence electrons. The third-order valence-electron chi connectivity index (χ3n) is 8.20. The van der Waals surface area contributed by atoms with Gasteiger partial charge >= 0.3 is 5.97 Å². The number of fused-ring (bicyclic) bond motifs is 1. The molecule has 10 nitrogen and oxygen atoms in total. The first-order valence-corrected chi connectivity index (χ1v) is 16.3. The molecule has 2 aromatic heterocycles. The molecule has 0 aliphatic carbocycles. The van der Waals surface area contributed by atoms with Gasteiger partial charge in [-0.15, -0.1) is 0 Å². The van der Waals surface area contributed by atoms with Crippen LogP contribution in [0.5, 0.6) is 0 Å². The second-order valence-corrected chi connectivity index (χ2v) is 13.2. The highest BCUT2D eigenvalue weighted by atomic mass is 35.5. The fourth-order valence-electron chi connectivity index (χ4n) is 5.96. The Hall–Kier alpha value is -3.92.